The fourth-order valence-corrected chi connectivity index (χ4v) is 1.46. The van der Waals surface area contributed by atoms with Crippen molar-refractivity contribution in [1.82, 2.24) is 4.98 Å². The summed E-state index contributed by atoms with van der Waals surface area (Å²) in [6.45, 7) is 1.29. The maximum absolute atomic E-state index is 9.00. The molecule has 0 saturated carbocycles. The number of rotatable bonds is 2. The van der Waals surface area contributed by atoms with Crippen molar-refractivity contribution < 1.29 is 15.0 Å². The molecule has 0 unspecified atom stereocenters. The molecule has 4 heteroatoms. The highest BCUT2D eigenvalue weighted by Crippen LogP contribution is 2.17. The molecule has 0 amide bonds. The van der Waals surface area contributed by atoms with Gasteiger partial charge in [-0.3, -0.25) is 4.79 Å². The summed E-state index contributed by atoms with van der Waals surface area (Å²) in [5.41, 5.74) is 2.33. The number of aliphatic carboxylic acids is 1. The van der Waals surface area contributed by atoms with Gasteiger partial charge in [-0.25, -0.2) is 0 Å². The lowest BCUT2D eigenvalue weighted by Gasteiger charge is -1.93. The van der Waals surface area contributed by atoms with Gasteiger partial charge in [-0.05, 0) is 18.1 Å². The van der Waals surface area contributed by atoms with Crippen LogP contribution in [0.1, 0.15) is 12.5 Å². The smallest absolute Gasteiger partial charge is 0.300 e. The average molecular weight is 221 g/mol. The first-order valence-corrected chi connectivity index (χ1v) is 5.00. The highest BCUT2D eigenvalue weighted by atomic mass is 16.4. The number of fused-ring (bicyclic) bond motifs is 1. The summed E-state index contributed by atoms with van der Waals surface area (Å²) >= 11 is 0. The maximum Gasteiger partial charge on any atom is 0.300 e. The molecule has 1 aromatic heterocycles. The predicted octanol–water partition coefficient (Wildman–Crippen LogP) is 1.79. The minimum Gasteiger partial charge on any atom is -0.481 e. The van der Waals surface area contributed by atoms with Crippen LogP contribution in [0.15, 0.2) is 30.5 Å². The summed E-state index contributed by atoms with van der Waals surface area (Å²) in [6.07, 6.45) is 2.69. The fraction of sp³-hybridized carbons (Fsp3) is 0.250. The zero-order valence-electron chi connectivity index (χ0n) is 9.10. The number of para-hydroxylation sites is 1. The Morgan fingerprint density at radius 3 is 2.62 bits per heavy atom. The molecule has 1 aromatic carbocycles. The van der Waals surface area contributed by atoms with E-state index in [-0.39, 0.29) is 6.61 Å². The Labute approximate surface area is 93.5 Å². The zero-order valence-corrected chi connectivity index (χ0v) is 9.10. The van der Waals surface area contributed by atoms with E-state index in [1.165, 1.54) is 10.9 Å². The second-order valence-corrected chi connectivity index (χ2v) is 3.35. The van der Waals surface area contributed by atoms with Crippen molar-refractivity contribution in [3.8, 4) is 0 Å². The summed E-state index contributed by atoms with van der Waals surface area (Å²) in [5.74, 6) is -0.833. The molecular formula is C12H15NO3. The van der Waals surface area contributed by atoms with Gasteiger partial charge in [-0.1, -0.05) is 18.2 Å². The minimum absolute atomic E-state index is 0.210. The molecule has 0 saturated heterocycles. The van der Waals surface area contributed by atoms with Crippen LogP contribution in [0.5, 0.6) is 0 Å². The molecule has 0 atom stereocenters. The molecule has 0 aliphatic rings. The van der Waals surface area contributed by atoms with Crippen molar-refractivity contribution in [2.75, 3.05) is 6.61 Å². The van der Waals surface area contributed by atoms with E-state index < -0.39 is 5.97 Å². The van der Waals surface area contributed by atoms with E-state index in [1.807, 2.05) is 24.4 Å². The summed E-state index contributed by atoms with van der Waals surface area (Å²) in [7, 11) is 0. The molecule has 2 rings (SSSR count). The number of hydrogen-bond acceptors (Lipinski definition) is 2. The van der Waals surface area contributed by atoms with Gasteiger partial charge in [-0.15, -0.1) is 0 Å². The van der Waals surface area contributed by atoms with Crippen LogP contribution in [0.2, 0.25) is 0 Å². The molecule has 0 bridgehead atoms. The predicted molar refractivity (Wildman–Crippen MR) is 62.4 cm³/mol. The van der Waals surface area contributed by atoms with Gasteiger partial charge in [0.15, 0.2) is 0 Å². The van der Waals surface area contributed by atoms with Gasteiger partial charge in [0.05, 0.1) is 0 Å². The molecule has 2 aromatic rings. The highest BCUT2D eigenvalue weighted by molar-refractivity contribution is 5.82. The van der Waals surface area contributed by atoms with Crippen LogP contribution >= 0.6 is 0 Å². The second-order valence-electron chi connectivity index (χ2n) is 3.35. The Morgan fingerprint density at radius 1 is 1.38 bits per heavy atom. The van der Waals surface area contributed by atoms with Gasteiger partial charge < -0.3 is 15.2 Å². The first kappa shape index (κ1) is 12.3. The van der Waals surface area contributed by atoms with E-state index in [1.54, 1.807) is 0 Å². The van der Waals surface area contributed by atoms with Gasteiger partial charge in [-0.2, -0.15) is 0 Å². The van der Waals surface area contributed by atoms with Crippen molar-refractivity contribution in [3.05, 3.63) is 36.0 Å². The number of hydrogen-bond donors (Lipinski definition) is 3. The van der Waals surface area contributed by atoms with E-state index in [0.717, 1.165) is 18.9 Å². The quantitative estimate of drug-likeness (QED) is 0.723. The molecule has 16 heavy (non-hydrogen) atoms. The lowest BCUT2D eigenvalue weighted by Crippen LogP contribution is -1.87. The topological polar surface area (TPSA) is 73.3 Å². The van der Waals surface area contributed by atoms with Crippen molar-refractivity contribution >= 4 is 16.9 Å². The molecule has 0 fully saturated rings. The highest BCUT2D eigenvalue weighted by Gasteiger charge is 2.00. The van der Waals surface area contributed by atoms with Gasteiger partial charge in [0, 0.05) is 30.6 Å². The lowest BCUT2D eigenvalue weighted by atomic mass is 10.1. The van der Waals surface area contributed by atoms with Crippen molar-refractivity contribution in [3.63, 3.8) is 0 Å². The molecule has 86 valence electrons. The maximum atomic E-state index is 9.00. The molecule has 0 spiro atoms. The standard InChI is InChI=1S/C10H11NO.C2H4O2/c12-6-5-8-7-11-10-4-2-1-3-9(8)10;1-2(3)4/h1-4,7,11-12H,5-6H2;1H3,(H,3,4). The zero-order chi connectivity index (χ0) is 12.0. The van der Waals surface area contributed by atoms with Crippen LogP contribution in [0, 0.1) is 0 Å². The Bertz CT molecular complexity index is 458. The third kappa shape index (κ3) is 3.40. The molecular weight excluding hydrogens is 206 g/mol. The van der Waals surface area contributed by atoms with Crippen molar-refractivity contribution in [1.29, 1.82) is 0 Å². The molecule has 4 nitrogen and oxygen atoms in total. The van der Waals surface area contributed by atoms with E-state index >= 15 is 0 Å². The number of carbonyl (C=O) groups is 1. The molecule has 1 heterocycles. The van der Waals surface area contributed by atoms with Crippen molar-refractivity contribution in [2.45, 2.75) is 13.3 Å². The van der Waals surface area contributed by atoms with Gasteiger partial charge in [0.2, 0.25) is 0 Å². The summed E-state index contributed by atoms with van der Waals surface area (Å²) in [5, 5.41) is 17.4. The normalized spacial score (nSPS) is 9.62. The lowest BCUT2D eigenvalue weighted by molar-refractivity contribution is -0.134. The number of carboxylic acids is 1. The summed E-state index contributed by atoms with van der Waals surface area (Å²) < 4.78 is 0. The number of carboxylic acid groups (broad SMARTS) is 1. The minimum atomic E-state index is -0.833. The Kier molecular flexibility index (Phi) is 4.54. The number of aromatic nitrogens is 1. The first-order chi connectivity index (χ1) is 7.65. The number of aliphatic hydroxyl groups excluding tert-OH is 1. The first-order valence-electron chi connectivity index (χ1n) is 5.00. The van der Waals surface area contributed by atoms with E-state index in [4.69, 9.17) is 15.0 Å². The largest absolute Gasteiger partial charge is 0.481 e. The number of aliphatic hydroxyl groups is 1. The van der Waals surface area contributed by atoms with Gasteiger partial charge in [0.25, 0.3) is 5.97 Å². The summed E-state index contributed by atoms with van der Waals surface area (Å²) in [4.78, 5) is 12.2. The average Bonchev–Trinajstić information content (AvgIpc) is 2.62. The van der Waals surface area contributed by atoms with E-state index in [2.05, 4.69) is 11.1 Å². The van der Waals surface area contributed by atoms with Gasteiger partial charge >= 0.3 is 0 Å². The molecule has 0 aliphatic heterocycles. The van der Waals surface area contributed by atoms with Crippen molar-refractivity contribution in [2.24, 2.45) is 0 Å². The fourth-order valence-electron chi connectivity index (χ4n) is 1.46. The van der Waals surface area contributed by atoms with Crippen LogP contribution in [-0.4, -0.2) is 27.8 Å². The summed E-state index contributed by atoms with van der Waals surface area (Å²) in [6, 6.07) is 8.12. The molecule has 0 radical (unpaired) electrons. The van der Waals surface area contributed by atoms with Crippen LogP contribution in [0.3, 0.4) is 0 Å². The number of aromatic amines is 1. The van der Waals surface area contributed by atoms with Gasteiger partial charge in [0.1, 0.15) is 0 Å². The monoisotopic (exact) mass is 221 g/mol. The number of benzene rings is 1. The Hall–Kier alpha value is -1.81. The Balaban J connectivity index is 0.000000280. The third-order valence-electron chi connectivity index (χ3n) is 2.06. The molecule has 3 N–H and O–H groups in total. The Morgan fingerprint density at radius 2 is 2.00 bits per heavy atom. The molecule has 0 aliphatic carbocycles. The van der Waals surface area contributed by atoms with Crippen LogP contribution in [0.25, 0.3) is 10.9 Å². The number of H-pyrrole nitrogens is 1. The second kappa shape index (κ2) is 5.92. The third-order valence-corrected chi connectivity index (χ3v) is 2.06. The number of nitrogens with one attached hydrogen (secondary N) is 1. The SMILES string of the molecule is CC(=O)O.OCCc1c[nH]c2ccccc12. The van der Waals surface area contributed by atoms with Crippen LogP contribution < -0.4 is 0 Å². The van der Waals surface area contributed by atoms with Crippen LogP contribution in [-0.2, 0) is 11.2 Å². The van der Waals surface area contributed by atoms with Crippen LogP contribution in [0.4, 0.5) is 0 Å². The van der Waals surface area contributed by atoms with E-state index in [0.29, 0.717) is 0 Å². The van der Waals surface area contributed by atoms with E-state index in [9.17, 15) is 0 Å².